The van der Waals surface area contributed by atoms with E-state index >= 15 is 0 Å². The second kappa shape index (κ2) is 8.37. The minimum Gasteiger partial charge on any atom is -0.454 e. The Morgan fingerprint density at radius 3 is 2.55 bits per heavy atom. The third-order valence-electron chi connectivity index (χ3n) is 6.27. The second-order valence-corrected chi connectivity index (χ2v) is 7.96. The molecule has 29 heavy (non-hydrogen) atoms. The molecule has 5 heteroatoms. The zero-order valence-corrected chi connectivity index (χ0v) is 17.1. The van der Waals surface area contributed by atoms with Crippen molar-refractivity contribution in [1.82, 2.24) is 9.80 Å². The maximum atomic E-state index is 13.1. The minimum absolute atomic E-state index is 0.0259. The van der Waals surface area contributed by atoms with Crippen LogP contribution < -0.4 is 0 Å². The van der Waals surface area contributed by atoms with Gasteiger partial charge in [0.05, 0.1) is 5.56 Å². The van der Waals surface area contributed by atoms with Gasteiger partial charge >= 0.3 is 5.97 Å². The highest BCUT2D eigenvalue weighted by molar-refractivity contribution is 5.97. The summed E-state index contributed by atoms with van der Waals surface area (Å²) >= 11 is 0. The number of rotatable bonds is 4. The summed E-state index contributed by atoms with van der Waals surface area (Å²) in [5.74, 6) is -0.294. The first-order valence-electron chi connectivity index (χ1n) is 10.4. The van der Waals surface area contributed by atoms with E-state index in [9.17, 15) is 9.59 Å². The third kappa shape index (κ3) is 4.06. The molecule has 2 aliphatic rings. The number of ether oxygens (including phenoxy) is 1. The van der Waals surface area contributed by atoms with Crippen molar-refractivity contribution in [2.24, 2.45) is 0 Å². The molecule has 152 valence electrons. The maximum absolute atomic E-state index is 13.1. The molecule has 2 aromatic rings. The summed E-state index contributed by atoms with van der Waals surface area (Å²) in [7, 11) is 1.90. The lowest BCUT2D eigenvalue weighted by atomic mass is 9.92. The van der Waals surface area contributed by atoms with Crippen molar-refractivity contribution >= 4 is 11.9 Å². The molecule has 0 aliphatic carbocycles. The quantitative estimate of drug-likeness (QED) is 0.745. The van der Waals surface area contributed by atoms with Crippen molar-refractivity contribution in [3.63, 3.8) is 0 Å². The van der Waals surface area contributed by atoms with Crippen molar-refractivity contribution in [2.45, 2.75) is 38.3 Å². The van der Waals surface area contributed by atoms with Gasteiger partial charge in [-0.25, -0.2) is 4.79 Å². The lowest BCUT2D eigenvalue weighted by Crippen LogP contribution is -2.45. The van der Waals surface area contributed by atoms with Crippen LogP contribution in [-0.4, -0.2) is 54.4 Å². The highest BCUT2D eigenvalue weighted by atomic mass is 16.5. The Balaban J connectivity index is 1.52. The lowest BCUT2D eigenvalue weighted by molar-refractivity contribution is 0.0252. The van der Waals surface area contributed by atoms with Crippen LogP contribution in [-0.2, 0) is 11.2 Å². The van der Waals surface area contributed by atoms with Crippen molar-refractivity contribution in [1.29, 1.82) is 0 Å². The highest BCUT2D eigenvalue weighted by Crippen LogP contribution is 2.31. The van der Waals surface area contributed by atoms with E-state index in [4.69, 9.17) is 4.74 Å². The van der Waals surface area contributed by atoms with Crippen LogP contribution in [0.15, 0.2) is 48.5 Å². The maximum Gasteiger partial charge on any atom is 0.339 e. The predicted molar refractivity (Wildman–Crippen MR) is 112 cm³/mol. The van der Waals surface area contributed by atoms with E-state index in [0.717, 1.165) is 43.6 Å². The molecule has 0 saturated carbocycles. The van der Waals surface area contributed by atoms with Gasteiger partial charge in [-0.05, 0) is 48.7 Å². The standard InChI is InChI=1S/C24H28N2O3/c1-3-26-13-11-20(12-14-26)25(2)23(27)18-9-10-21-19(15-18)16-22(29-24(21)28)17-7-5-4-6-8-17/h4-10,15,20,22H,3,11-14,16H2,1-2H3. The minimum atomic E-state index is -0.320. The molecule has 0 aromatic heterocycles. The van der Waals surface area contributed by atoms with E-state index in [1.807, 2.05) is 48.3 Å². The fourth-order valence-electron chi connectivity index (χ4n) is 4.37. The molecule has 1 saturated heterocycles. The van der Waals surface area contributed by atoms with Crippen LogP contribution in [0.2, 0.25) is 0 Å². The first kappa shape index (κ1) is 19.6. The number of esters is 1. The molecule has 0 bridgehead atoms. The monoisotopic (exact) mass is 392 g/mol. The summed E-state index contributed by atoms with van der Waals surface area (Å²) in [5, 5.41) is 0. The molecule has 1 atom stereocenters. The van der Waals surface area contributed by atoms with E-state index in [2.05, 4.69) is 11.8 Å². The van der Waals surface area contributed by atoms with Gasteiger partial charge in [-0.1, -0.05) is 37.3 Å². The Morgan fingerprint density at radius 2 is 1.86 bits per heavy atom. The molecule has 2 heterocycles. The number of cyclic esters (lactones) is 1. The van der Waals surface area contributed by atoms with Crippen LogP contribution in [0.4, 0.5) is 0 Å². The normalized spacial score (nSPS) is 20.1. The number of likely N-dealkylation sites (tertiary alicyclic amines) is 1. The fourth-order valence-corrected chi connectivity index (χ4v) is 4.37. The fraction of sp³-hybridized carbons (Fsp3) is 0.417. The Hall–Kier alpha value is -2.66. The molecule has 1 fully saturated rings. The van der Waals surface area contributed by atoms with Gasteiger partial charge < -0.3 is 14.5 Å². The Morgan fingerprint density at radius 1 is 1.14 bits per heavy atom. The zero-order chi connectivity index (χ0) is 20.4. The molecular weight excluding hydrogens is 364 g/mol. The van der Waals surface area contributed by atoms with Crippen LogP contribution in [0.5, 0.6) is 0 Å². The number of hydrogen-bond acceptors (Lipinski definition) is 4. The van der Waals surface area contributed by atoms with E-state index in [1.54, 1.807) is 12.1 Å². The summed E-state index contributed by atoms with van der Waals surface area (Å²) in [6, 6.07) is 15.4. The van der Waals surface area contributed by atoms with Gasteiger partial charge in [-0.3, -0.25) is 4.79 Å². The highest BCUT2D eigenvalue weighted by Gasteiger charge is 2.30. The molecule has 1 amide bonds. The zero-order valence-electron chi connectivity index (χ0n) is 17.1. The number of fused-ring (bicyclic) bond motifs is 1. The molecule has 2 aromatic carbocycles. The topological polar surface area (TPSA) is 49.9 Å². The molecule has 0 spiro atoms. The molecular formula is C24H28N2O3. The van der Waals surface area contributed by atoms with Crippen molar-refractivity contribution < 1.29 is 14.3 Å². The van der Waals surface area contributed by atoms with E-state index < -0.39 is 0 Å². The van der Waals surface area contributed by atoms with Gasteiger partial charge in [-0.2, -0.15) is 0 Å². The summed E-state index contributed by atoms with van der Waals surface area (Å²) in [4.78, 5) is 29.9. The van der Waals surface area contributed by atoms with Gasteiger partial charge in [0, 0.05) is 38.2 Å². The lowest BCUT2D eigenvalue weighted by Gasteiger charge is -2.36. The summed E-state index contributed by atoms with van der Waals surface area (Å²) < 4.78 is 5.62. The van der Waals surface area contributed by atoms with Crippen LogP contribution >= 0.6 is 0 Å². The van der Waals surface area contributed by atoms with Gasteiger partial charge in [0.2, 0.25) is 0 Å². The second-order valence-electron chi connectivity index (χ2n) is 7.96. The Kier molecular flexibility index (Phi) is 5.67. The van der Waals surface area contributed by atoms with Crippen LogP contribution in [0.25, 0.3) is 0 Å². The SMILES string of the molecule is CCN1CCC(N(C)C(=O)c2ccc3c(c2)CC(c2ccccc2)OC3=O)CC1. The van der Waals surface area contributed by atoms with Gasteiger partial charge in [0.25, 0.3) is 5.91 Å². The largest absolute Gasteiger partial charge is 0.454 e. The molecule has 2 aliphatic heterocycles. The number of amides is 1. The van der Waals surface area contributed by atoms with Gasteiger partial charge in [0.15, 0.2) is 0 Å². The number of hydrogen-bond donors (Lipinski definition) is 0. The Bertz CT molecular complexity index is 888. The Labute approximate surface area is 172 Å². The third-order valence-corrected chi connectivity index (χ3v) is 6.27. The first-order chi connectivity index (χ1) is 14.1. The average molecular weight is 392 g/mol. The van der Waals surface area contributed by atoms with E-state index in [-0.39, 0.29) is 24.0 Å². The van der Waals surface area contributed by atoms with Crippen LogP contribution in [0.3, 0.4) is 0 Å². The molecule has 5 nitrogen and oxygen atoms in total. The summed E-state index contributed by atoms with van der Waals surface area (Å²) in [6.45, 7) is 5.31. The molecule has 4 rings (SSSR count). The smallest absolute Gasteiger partial charge is 0.339 e. The number of nitrogens with zero attached hydrogens (tertiary/aromatic N) is 2. The molecule has 1 unspecified atom stereocenters. The van der Waals surface area contributed by atoms with Crippen LogP contribution in [0.1, 0.15) is 57.7 Å². The average Bonchev–Trinajstić information content (AvgIpc) is 2.78. The number of carbonyl (C=O) groups is 2. The van der Waals surface area contributed by atoms with Crippen LogP contribution in [0, 0.1) is 0 Å². The molecule has 0 N–H and O–H groups in total. The molecule has 0 radical (unpaired) electrons. The summed E-state index contributed by atoms with van der Waals surface area (Å²) in [5.41, 5.74) is 3.07. The van der Waals surface area contributed by atoms with Gasteiger partial charge in [-0.15, -0.1) is 0 Å². The number of carbonyl (C=O) groups excluding carboxylic acids is 2. The van der Waals surface area contributed by atoms with Gasteiger partial charge in [0.1, 0.15) is 6.10 Å². The van der Waals surface area contributed by atoms with E-state index in [0.29, 0.717) is 17.5 Å². The van der Waals surface area contributed by atoms with Crippen molar-refractivity contribution in [3.05, 3.63) is 70.8 Å². The summed E-state index contributed by atoms with van der Waals surface area (Å²) in [6.07, 6.45) is 2.29. The van der Waals surface area contributed by atoms with Crippen molar-refractivity contribution in [2.75, 3.05) is 26.7 Å². The first-order valence-corrected chi connectivity index (χ1v) is 10.4. The number of benzene rings is 2. The van der Waals surface area contributed by atoms with Crippen molar-refractivity contribution in [3.8, 4) is 0 Å². The van der Waals surface area contributed by atoms with E-state index in [1.165, 1.54) is 0 Å². The number of piperidine rings is 1. The predicted octanol–water partition coefficient (Wildman–Crippen LogP) is 3.70.